The van der Waals surface area contributed by atoms with Crippen LogP contribution in [-0.2, 0) is 4.79 Å². The molecule has 4 nitrogen and oxygen atoms in total. The molecule has 0 unspecified atom stereocenters. The molecule has 3 N–H and O–H groups in total. The monoisotopic (exact) mass is 241 g/mol. The normalized spacial score (nSPS) is 11.8. The van der Waals surface area contributed by atoms with Crippen molar-refractivity contribution in [2.45, 2.75) is 13.0 Å². The first-order chi connectivity index (χ1) is 8.66. The fourth-order valence-electron chi connectivity index (χ4n) is 1.62. The van der Waals surface area contributed by atoms with E-state index in [2.05, 4.69) is 10.3 Å². The van der Waals surface area contributed by atoms with Crippen LogP contribution in [-0.4, -0.2) is 16.9 Å². The van der Waals surface area contributed by atoms with Gasteiger partial charge >= 0.3 is 0 Å². The summed E-state index contributed by atoms with van der Waals surface area (Å²) >= 11 is 0. The van der Waals surface area contributed by atoms with Gasteiger partial charge in [-0.2, -0.15) is 0 Å². The van der Waals surface area contributed by atoms with Crippen molar-refractivity contribution in [1.82, 2.24) is 4.98 Å². The second-order valence-corrected chi connectivity index (χ2v) is 4.08. The average molecular weight is 241 g/mol. The highest BCUT2D eigenvalue weighted by Gasteiger charge is 2.07. The van der Waals surface area contributed by atoms with Gasteiger partial charge in [0.25, 0.3) is 0 Å². The van der Waals surface area contributed by atoms with Crippen LogP contribution in [0.2, 0.25) is 0 Å². The third-order valence-electron chi connectivity index (χ3n) is 2.71. The molecule has 0 saturated heterocycles. The van der Waals surface area contributed by atoms with Crippen molar-refractivity contribution in [3.8, 4) is 11.1 Å². The van der Waals surface area contributed by atoms with Crippen molar-refractivity contribution in [3.05, 3.63) is 48.8 Å². The van der Waals surface area contributed by atoms with Gasteiger partial charge in [-0.3, -0.25) is 9.78 Å². The number of carbonyl (C=O) groups is 1. The van der Waals surface area contributed by atoms with Crippen molar-refractivity contribution in [3.63, 3.8) is 0 Å². The number of benzene rings is 1. The molecule has 0 saturated carbocycles. The van der Waals surface area contributed by atoms with Crippen LogP contribution in [0.25, 0.3) is 11.1 Å². The minimum Gasteiger partial charge on any atom is -0.374 e. The Labute approximate surface area is 106 Å². The van der Waals surface area contributed by atoms with Gasteiger partial charge in [-0.15, -0.1) is 0 Å². The van der Waals surface area contributed by atoms with E-state index in [9.17, 15) is 4.79 Å². The molecule has 92 valence electrons. The maximum Gasteiger partial charge on any atom is 0.239 e. The summed E-state index contributed by atoms with van der Waals surface area (Å²) in [4.78, 5) is 14.9. The van der Waals surface area contributed by atoms with Gasteiger partial charge in [0.05, 0.1) is 0 Å². The number of nitrogens with one attached hydrogen (secondary N) is 1. The lowest BCUT2D eigenvalue weighted by molar-refractivity contribution is -0.118. The molecule has 18 heavy (non-hydrogen) atoms. The molecule has 1 atom stereocenters. The fourth-order valence-corrected chi connectivity index (χ4v) is 1.62. The predicted octanol–water partition coefficient (Wildman–Crippen LogP) is 2.03. The molecule has 2 rings (SSSR count). The molecule has 1 amide bonds. The second kappa shape index (κ2) is 5.31. The summed E-state index contributed by atoms with van der Waals surface area (Å²) in [5.41, 5.74) is 8.29. The summed E-state index contributed by atoms with van der Waals surface area (Å²) in [5.74, 6) is -0.367. The lowest BCUT2D eigenvalue weighted by Gasteiger charge is -2.12. The Morgan fingerprint density at radius 1 is 1.11 bits per heavy atom. The Kier molecular flexibility index (Phi) is 3.57. The fraction of sp³-hybridized carbons (Fsp3) is 0.143. The van der Waals surface area contributed by atoms with E-state index >= 15 is 0 Å². The van der Waals surface area contributed by atoms with Crippen molar-refractivity contribution < 1.29 is 4.79 Å². The number of primary amides is 1. The summed E-state index contributed by atoms with van der Waals surface area (Å²) in [6.07, 6.45) is 3.52. The van der Waals surface area contributed by atoms with Crippen molar-refractivity contribution in [1.29, 1.82) is 0 Å². The van der Waals surface area contributed by atoms with Crippen LogP contribution >= 0.6 is 0 Å². The van der Waals surface area contributed by atoms with Gasteiger partial charge in [0, 0.05) is 18.1 Å². The van der Waals surface area contributed by atoms with Crippen molar-refractivity contribution >= 4 is 11.6 Å². The van der Waals surface area contributed by atoms with E-state index in [-0.39, 0.29) is 11.9 Å². The molecule has 0 spiro atoms. The highest BCUT2D eigenvalue weighted by Crippen LogP contribution is 2.20. The maximum atomic E-state index is 10.9. The number of nitrogens with zero attached hydrogens (tertiary/aromatic N) is 1. The second-order valence-electron chi connectivity index (χ2n) is 4.08. The van der Waals surface area contributed by atoms with Gasteiger partial charge in [-0.05, 0) is 42.3 Å². The molecule has 2 aromatic rings. The largest absolute Gasteiger partial charge is 0.374 e. The molecule has 4 heteroatoms. The van der Waals surface area contributed by atoms with Crippen LogP contribution in [0, 0.1) is 0 Å². The Balaban J connectivity index is 2.13. The summed E-state index contributed by atoms with van der Waals surface area (Å²) in [6, 6.07) is 11.4. The lowest BCUT2D eigenvalue weighted by atomic mass is 10.1. The zero-order chi connectivity index (χ0) is 13.0. The van der Waals surface area contributed by atoms with E-state index in [1.165, 1.54) is 0 Å². The molecule has 0 aliphatic rings. The number of rotatable bonds is 4. The molecule has 0 bridgehead atoms. The summed E-state index contributed by atoms with van der Waals surface area (Å²) in [6.45, 7) is 1.74. The molecule has 1 heterocycles. The number of nitrogens with two attached hydrogens (primary N) is 1. The summed E-state index contributed by atoms with van der Waals surface area (Å²) < 4.78 is 0. The summed E-state index contributed by atoms with van der Waals surface area (Å²) in [7, 11) is 0. The molecule has 0 aliphatic carbocycles. The molecule has 0 fully saturated rings. The number of aromatic nitrogens is 1. The number of amides is 1. The van der Waals surface area contributed by atoms with E-state index in [0.29, 0.717) is 0 Å². The van der Waals surface area contributed by atoms with E-state index < -0.39 is 0 Å². The smallest absolute Gasteiger partial charge is 0.239 e. The number of anilines is 1. The van der Waals surface area contributed by atoms with E-state index in [4.69, 9.17) is 5.73 Å². The minimum absolute atomic E-state index is 0.367. The first kappa shape index (κ1) is 12.1. The highest BCUT2D eigenvalue weighted by atomic mass is 16.1. The van der Waals surface area contributed by atoms with Gasteiger partial charge in [0.2, 0.25) is 5.91 Å². The maximum absolute atomic E-state index is 10.9. The quantitative estimate of drug-likeness (QED) is 0.860. The predicted molar refractivity (Wildman–Crippen MR) is 72.0 cm³/mol. The van der Waals surface area contributed by atoms with Crippen LogP contribution in [0.4, 0.5) is 5.69 Å². The van der Waals surface area contributed by atoms with E-state index in [1.807, 2.05) is 36.4 Å². The standard InChI is InChI=1S/C14H15N3O/c1-10(14(15)18)17-13-4-2-11(3-5-13)12-6-8-16-9-7-12/h2-10,17H,1H3,(H2,15,18)/t10-/m1/s1. The van der Waals surface area contributed by atoms with Gasteiger partial charge in [0.1, 0.15) is 6.04 Å². The van der Waals surface area contributed by atoms with Gasteiger partial charge in [-0.25, -0.2) is 0 Å². The zero-order valence-electron chi connectivity index (χ0n) is 10.1. The zero-order valence-corrected chi connectivity index (χ0v) is 10.1. The molecule has 1 aromatic carbocycles. The minimum atomic E-state index is -0.378. The molecular weight excluding hydrogens is 226 g/mol. The number of carbonyl (C=O) groups excluding carboxylic acids is 1. The third-order valence-corrected chi connectivity index (χ3v) is 2.71. The third kappa shape index (κ3) is 2.85. The first-order valence-electron chi connectivity index (χ1n) is 5.73. The lowest BCUT2D eigenvalue weighted by Crippen LogP contribution is -2.32. The van der Waals surface area contributed by atoms with Crippen LogP contribution in [0.5, 0.6) is 0 Å². The number of pyridine rings is 1. The molecule has 1 aromatic heterocycles. The average Bonchev–Trinajstić information content (AvgIpc) is 2.40. The SMILES string of the molecule is C[C@@H](Nc1ccc(-c2ccncc2)cc1)C(N)=O. The summed E-state index contributed by atoms with van der Waals surface area (Å²) in [5, 5.41) is 3.03. The number of hydrogen-bond acceptors (Lipinski definition) is 3. The molecule has 0 radical (unpaired) electrons. The Morgan fingerprint density at radius 2 is 1.67 bits per heavy atom. The van der Waals surface area contributed by atoms with Crippen molar-refractivity contribution in [2.24, 2.45) is 5.73 Å². The Hall–Kier alpha value is -2.36. The first-order valence-corrected chi connectivity index (χ1v) is 5.73. The van der Waals surface area contributed by atoms with E-state index in [0.717, 1.165) is 16.8 Å². The van der Waals surface area contributed by atoms with Gasteiger partial charge in [-0.1, -0.05) is 12.1 Å². The van der Waals surface area contributed by atoms with Gasteiger partial charge in [0.15, 0.2) is 0 Å². The highest BCUT2D eigenvalue weighted by molar-refractivity contribution is 5.82. The van der Waals surface area contributed by atoms with Crippen LogP contribution in [0.15, 0.2) is 48.8 Å². The Morgan fingerprint density at radius 3 is 2.22 bits per heavy atom. The Bertz CT molecular complexity index is 522. The van der Waals surface area contributed by atoms with Gasteiger partial charge < -0.3 is 11.1 Å². The van der Waals surface area contributed by atoms with Crippen LogP contribution in [0.3, 0.4) is 0 Å². The van der Waals surface area contributed by atoms with E-state index in [1.54, 1.807) is 19.3 Å². The molecule has 0 aliphatic heterocycles. The van der Waals surface area contributed by atoms with Crippen molar-refractivity contribution in [2.75, 3.05) is 5.32 Å². The number of hydrogen-bond donors (Lipinski definition) is 2. The molecular formula is C14H15N3O. The van der Waals surface area contributed by atoms with Crippen LogP contribution < -0.4 is 11.1 Å². The van der Waals surface area contributed by atoms with Crippen LogP contribution in [0.1, 0.15) is 6.92 Å². The topological polar surface area (TPSA) is 68.0 Å².